The maximum Gasteiger partial charge on any atom is 0.274 e. The number of aromatic nitrogens is 1. The fraction of sp³-hybridized carbons (Fsp3) is 0.143. The van der Waals surface area contributed by atoms with Gasteiger partial charge in [0.25, 0.3) is 5.91 Å². The van der Waals surface area contributed by atoms with Gasteiger partial charge in [-0.1, -0.05) is 6.07 Å². The van der Waals surface area contributed by atoms with Crippen molar-refractivity contribution >= 4 is 11.6 Å². The molecule has 0 spiro atoms. The predicted octanol–water partition coefficient (Wildman–Crippen LogP) is 1.81. The van der Waals surface area contributed by atoms with Crippen LogP contribution in [0.3, 0.4) is 0 Å². The second kappa shape index (κ2) is 6.63. The van der Waals surface area contributed by atoms with Crippen LogP contribution < -0.4 is 15.8 Å². The van der Waals surface area contributed by atoms with Crippen LogP contribution in [0.5, 0.6) is 5.75 Å². The normalized spacial score (nSPS) is 10.1. The number of anilines is 1. The second-order valence-electron chi connectivity index (χ2n) is 3.98. The first-order chi connectivity index (χ1) is 9.69. The van der Waals surface area contributed by atoms with Gasteiger partial charge in [-0.05, 0) is 24.3 Å². The summed E-state index contributed by atoms with van der Waals surface area (Å²) in [4.78, 5) is 15.6. The molecule has 0 bridgehead atoms. The average molecular weight is 275 g/mol. The van der Waals surface area contributed by atoms with Gasteiger partial charge in [-0.25, -0.2) is 9.37 Å². The van der Waals surface area contributed by atoms with Crippen molar-refractivity contribution in [2.24, 2.45) is 5.73 Å². The molecule has 0 saturated carbocycles. The lowest BCUT2D eigenvalue weighted by Crippen LogP contribution is -2.14. The van der Waals surface area contributed by atoms with Crippen LogP contribution >= 0.6 is 0 Å². The molecule has 0 radical (unpaired) electrons. The quantitative estimate of drug-likeness (QED) is 0.872. The van der Waals surface area contributed by atoms with E-state index in [4.69, 9.17) is 10.5 Å². The third-order valence-electron chi connectivity index (χ3n) is 2.44. The van der Waals surface area contributed by atoms with Crippen LogP contribution in [-0.2, 0) is 0 Å². The molecular formula is C14H14FN3O2. The summed E-state index contributed by atoms with van der Waals surface area (Å²) in [7, 11) is 0. The standard InChI is InChI=1S/C14H14FN3O2/c15-10-4-5-13(17-9-10)14(19)18-11-2-1-3-12(8-11)20-7-6-16/h1-5,8-9H,6-7,16H2,(H,18,19). The van der Waals surface area contributed by atoms with Gasteiger partial charge in [-0.15, -0.1) is 0 Å². The lowest BCUT2D eigenvalue weighted by Gasteiger charge is -2.08. The molecule has 6 heteroatoms. The number of rotatable bonds is 5. The minimum absolute atomic E-state index is 0.139. The van der Waals surface area contributed by atoms with Gasteiger partial charge >= 0.3 is 0 Å². The van der Waals surface area contributed by atoms with Gasteiger partial charge in [0, 0.05) is 18.3 Å². The van der Waals surface area contributed by atoms with Crippen molar-refractivity contribution < 1.29 is 13.9 Å². The summed E-state index contributed by atoms with van der Waals surface area (Å²) in [5.74, 6) is -0.292. The van der Waals surface area contributed by atoms with Crippen LogP contribution in [0.15, 0.2) is 42.6 Å². The molecule has 1 amide bonds. The minimum atomic E-state index is -0.487. The molecule has 0 aliphatic rings. The first-order valence-corrected chi connectivity index (χ1v) is 6.05. The summed E-state index contributed by atoms with van der Waals surface area (Å²) in [5, 5.41) is 2.66. The lowest BCUT2D eigenvalue weighted by atomic mass is 10.2. The Morgan fingerprint density at radius 3 is 2.90 bits per heavy atom. The number of ether oxygens (including phenoxy) is 1. The van der Waals surface area contributed by atoms with Crippen molar-refractivity contribution in [3.63, 3.8) is 0 Å². The number of benzene rings is 1. The summed E-state index contributed by atoms with van der Waals surface area (Å²) in [6, 6.07) is 9.41. The number of carbonyl (C=O) groups excluding carboxylic acids is 1. The Labute approximate surface area is 115 Å². The number of nitrogens with two attached hydrogens (primary N) is 1. The Kier molecular flexibility index (Phi) is 4.62. The molecule has 3 N–H and O–H groups in total. The van der Waals surface area contributed by atoms with Crippen LogP contribution in [0.2, 0.25) is 0 Å². The van der Waals surface area contributed by atoms with Crippen molar-refractivity contribution in [1.29, 1.82) is 0 Å². The second-order valence-corrected chi connectivity index (χ2v) is 3.98. The van der Waals surface area contributed by atoms with Crippen molar-refractivity contribution in [3.05, 3.63) is 54.1 Å². The Morgan fingerprint density at radius 2 is 2.20 bits per heavy atom. The van der Waals surface area contributed by atoms with Crippen LogP contribution in [0.25, 0.3) is 0 Å². The van der Waals surface area contributed by atoms with Gasteiger partial charge in [0.2, 0.25) is 0 Å². The molecule has 5 nitrogen and oxygen atoms in total. The number of halogens is 1. The number of nitrogens with one attached hydrogen (secondary N) is 1. The van der Waals surface area contributed by atoms with Crippen molar-refractivity contribution in [3.8, 4) is 5.75 Å². The SMILES string of the molecule is NCCOc1cccc(NC(=O)c2ccc(F)cn2)c1. The number of hydrogen-bond acceptors (Lipinski definition) is 4. The highest BCUT2D eigenvalue weighted by Gasteiger charge is 2.08. The van der Waals surface area contributed by atoms with Crippen molar-refractivity contribution in [1.82, 2.24) is 4.98 Å². The van der Waals surface area contributed by atoms with Gasteiger partial charge in [0.1, 0.15) is 23.9 Å². The van der Waals surface area contributed by atoms with Crippen LogP contribution in [0, 0.1) is 5.82 Å². The summed E-state index contributed by atoms with van der Waals surface area (Å²) in [5.41, 5.74) is 6.05. The number of pyridine rings is 1. The molecule has 0 fully saturated rings. The molecule has 0 aliphatic carbocycles. The van der Waals surface area contributed by atoms with E-state index in [2.05, 4.69) is 10.3 Å². The van der Waals surface area contributed by atoms with E-state index in [0.29, 0.717) is 24.6 Å². The molecule has 0 saturated heterocycles. The van der Waals surface area contributed by atoms with E-state index in [1.807, 2.05) is 0 Å². The van der Waals surface area contributed by atoms with Crippen molar-refractivity contribution in [2.45, 2.75) is 0 Å². The highest BCUT2D eigenvalue weighted by Crippen LogP contribution is 2.17. The van der Waals surface area contributed by atoms with E-state index in [-0.39, 0.29) is 5.69 Å². The summed E-state index contributed by atoms with van der Waals surface area (Å²) in [6.45, 7) is 0.813. The van der Waals surface area contributed by atoms with E-state index in [0.717, 1.165) is 6.20 Å². The van der Waals surface area contributed by atoms with E-state index in [1.54, 1.807) is 24.3 Å². The average Bonchev–Trinajstić information content (AvgIpc) is 2.46. The Bertz CT molecular complexity index is 587. The zero-order valence-corrected chi connectivity index (χ0v) is 10.7. The maximum absolute atomic E-state index is 12.7. The molecule has 1 heterocycles. The Balaban J connectivity index is 2.05. The minimum Gasteiger partial charge on any atom is -0.492 e. The number of amides is 1. The first-order valence-electron chi connectivity index (χ1n) is 6.05. The third kappa shape index (κ3) is 3.76. The highest BCUT2D eigenvalue weighted by atomic mass is 19.1. The monoisotopic (exact) mass is 275 g/mol. The smallest absolute Gasteiger partial charge is 0.274 e. The molecule has 2 rings (SSSR count). The third-order valence-corrected chi connectivity index (χ3v) is 2.44. The van der Waals surface area contributed by atoms with Gasteiger partial charge in [-0.3, -0.25) is 4.79 Å². The molecule has 0 aliphatic heterocycles. The maximum atomic E-state index is 12.7. The molecule has 0 atom stereocenters. The molecule has 20 heavy (non-hydrogen) atoms. The zero-order chi connectivity index (χ0) is 14.4. The number of nitrogens with zero attached hydrogens (tertiary/aromatic N) is 1. The van der Waals surface area contributed by atoms with E-state index >= 15 is 0 Å². The van der Waals surface area contributed by atoms with Gasteiger partial charge in [-0.2, -0.15) is 0 Å². The predicted molar refractivity (Wildman–Crippen MR) is 73.1 cm³/mol. The van der Waals surface area contributed by atoms with E-state index in [9.17, 15) is 9.18 Å². The fourth-order valence-corrected chi connectivity index (χ4v) is 1.55. The Hall–Kier alpha value is -2.47. The fourth-order valence-electron chi connectivity index (χ4n) is 1.55. The molecule has 104 valence electrons. The topological polar surface area (TPSA) is 77.2 Å². The number of hydrogen-bond donors (Lipinski definition) is 2. The molecule has 2 aromatic rings. The largest absolute Gasteiger partial charge is 0.492 e. The molecule has 1 aromatic heterocycles. The molecular weight excluding hydrogens is 261 g/mol. The summed E-state index contributed by atoms with van der Waals surface area (Å²) >= 11 is 0. The molecule has 0 unspecified atom stereocenters. The van der Waals surface area contributed by atoms with Gasteiger partial charge < -0.3 is 15.8 Å². The first kappa shape index (κ1) is 14.0. The van der Waals surface area contributed by atoms with Crippen LogP contribution in [0.1, 0.15) is 10.5 Å². The Morgan fingerprint density at radius 1 is 1.35 bits per heavy atom. The summed E-state index contributed by atoms with van der Waals surface area (Å²) < 4.78 is 18.1. The van der Waals surface area contributed by atoms with E-state index < -0.39 is 11.7 Å². The van der Waals surface area contributed by atoms with Crippen molar-refractivity contribution in [2.75, 3.05) is 18.5 Å². The highest BCUT2D eigenvalue weighted by molar-refractivity contribution is 6.02. The van der Waals surface area contributed by atoms with Crippen LogP contribution in [-0.4, -0.2) is 24.0 Å². The molecule has 1 aromatic carbocycles. The van der Waals surface area contributed by atoms with Crippen LogP contribution in [0.4, 0.5) is 10.1 Å². The zero-order valence-electron chi connectivity index (χ0n) is 10.7. The van der Waals surface area contributed by atoms with Gasteiger partial charge in [0.05, 0.1) is 6.20 Å². The van der Waals surface area contributed by atoms with E-state index in [1.165, 1.54) is 12.1 Å². The number of carbonyl (C=O) groups is 1. The lowest BCUT2D eigenvalue weighted by molar-refractivity contribution is 0.102. The summed E-state index contributed by atoms with van der Waals surface area (Å²) in [6.07, 6.45) is 0.996. The van der Waals surface area contributed by atoms with Gasteiger partial charge in [0.15, 0.2) is 0 Å².